The van der Waals surface area contributed by atoms with Crippen LogP contribution in [0.1, 0.15) is 24.5 Å². The maximum atomic E-state index is 10.6. The van der Waals surface area contributed by atoms with Crippen molar-refractivity contribution >= 4 is 6.29 Å². The first kappa shape index (κ1) is 16.1. The first-order chi connectivity index (χ1) is 10.7. The summed E-state index contributed by atoms with van der Waals surface area (Å²) >= 11 is 0. The third-order valence-electron chi connectivity index (χ3n) is 3.55. The largest absolute Gasteiger partial charge is 0.493 e. The summed E-state index contributed by atoms with van der Waals surface area (Å²) < 4.78 is 11.3. The van der Waals surface area contributed by atoms with Crippen LogP contribution in [0.4, 0.5) is 0 Å². The summed E-state index contributed by atoms with van der Waals surface area (Å²) in [7, 11) is 1.64. The number of aldehydes is 1. The van der Waals surface area contributed by atoms with Gasteiger partial charge in [-0.2, -0.15) is 0 Å². The molecule has 0 radical (unpaired) electrons. The fraction of sp³-hybridized carbons (Fsp3) is 0.316. The molecule has 0 fully saturated rings. The second-order valence-corrected chi connectivity index (χ2v) is 5.47. The lowest BCUT2D eigenvalue weighted by Gasteiger charge is -2.14. The second-order valence-electron chi connectivity index (χ2n) is 5.47. The minimum atomic E-state index is 0.327. The van der Waals surface area contributed by atoms with E-state index in [1.165, 1.54) is 0 Å². The summed E-state index contributed by atoms with van der Waals surface area (Å²) in [5, 5.41) is 0. The molecule has 0 heterocycles. The number of hydrogen-bond acceptors (Lipinski definition) is 3. The standard InChI is InChI=1S/C19H22O3/c1-15(10-11-20)12-17-8-9-18(21-2)19(13-17)22-14-16-6-4-3-5-7-16/h3-9,11,13,15H,10,12,14H2,1-2H3. The predicted octanol–water partition coefficient (Wildman–Crippen LogP) is 4.04. The van der Waals surface area contributed by atoms with Crippen molar-refractivity contribution in [3.8, 4) is 11.5 Å². The quantitative estimate of drug-likeness (QED) is 0.690. The number of methoxy groups -OCH3 is 1. The minimum Gasteiger partial charge on any atom is -0.493 e. The summed E-state index contributed by atoms with van der Waals surface area (Å²) in [4.78, 5) is 10.6. The van der Waals surface area contributed by atoms with Gasteiger partial charge < -0.3 is 14.3 Å². The molecule has 0 aliphatic carbocycles. The number of carbonyl (C=O) groups excluding carboxylic acids is 1. The van der Waals surface area contributed by atoms with Crippen LogP contribution in [0, 0.1) is 5.92 Å². The highest BCUT2D eigenvalue weighted by Gasteiger charge is 2.09. The Labute approximate surface area is 131 Å². The van der Waals surface area contributed by atoms with E-state index >= 15 is 0 Å². The Hall–Kier alpha value is -2.29. The van der Waals surface area contributed by atoms with Gasteiger partial charge in [0.05, 0.1) is 7.11 Å². The Kier molecular flexibility index (Phi) is 6.01. The van der Waals surface area contributed by atoms with Crippen LogP contribution in [-0.4, -0.2) is 13.4 Å². The van der Waals surface area contributed by atoms with Crippen molar-refractivity contribution in [1.82, 2.24) is 0 Å². The van der Waals surface area contributed by atoms with Crippen molar-refractivity contribution in [2.45, 2.75) is 26.4 Å². The Morgan fingerprint density at radius 1 is 1.05 bits per heavy atom. The van der Waals surface area contributed by atoms with E-state index in [0.29, 0.717) is 18.9 Å². The molecule has 2 aromatic carbocycles. The van der Waals surface area contributed by atoms with Crippen LogP contribution in [-0.2, 0) is 17.8 Å². The molecule has 0 aliphatic heterocycles. The van der Waals surface area contributed by atoms with E-state index in [9.17, 15) is 4.79 Å². The smallest absolute Gasteiger partial charge is 0.161 e. The molecular formula is C19H22O3. The lowest BCUT2D eigenvalue weighted by atomic mass is 9.98. The van der Waals surface area contributed by atoms with Crippen LogP contribution in [0.2, 0.25) is 0 Å². The van der Waals surface area contributed by atoms with Gasteiger partial charge in [0.15, 0.2) is 11.5 Å². The molecule has 1 atom stereocenters. The summed E-state index contributed by atoms with van der Waals surface area (Å²) in [6, 6.07) is 16.0. The third-order valence-corrected chi connectivity index (χ3v) is 3.55. The van der Waals surface area contributed by atoms with Gasteiger partial charge in [-0.3, -0.25) is 0 Å². The van der Waals surface area contributed by atoms with Crippen LogP contribution >= 0.6 is 0 Å². The molecule has 0 spiro atoms. The zero-order valence-electron chi connectivity index (χ0n) is 13.1. The first-order valence-electron chi connectivity index (χ1n) is 7.50. The number of ether oxygens (including phenoxy) is 2. The van der Waals surface area contributed by atoms with E-state index < -0.39 is 0 Å². The summed E-state index contributed by atoms with van der Waals surface area (Å²) in [5.41, 5.74) is 2.27. The monoisotopic (exact) mass is 298 g/mol. The highest BCUT2D eigenvalue weighted by Crippen LogP contribution is 2.30. The third kappa shape index (κ3) is 4.62. The van der Waals surface area contributed by atoms with E-state index in [2.05, 4.69) is 6.92 Å². The van der Waals surface area contributed by atoms with E-state index in [1.807, 2.05) is 48.5 Å². The molecule has 0 saturated carbocycles. The first-order valence-corrected chi connectivity index (χ1v) is 7.50. The van der Waals surface area contributed by atoms with Crippen LogP contribution in [0.15, 0.2) is 48.5 Å². The molecular weight excluding hydrogens is 276 g/mol. The van der Waals surface area contributed by atoms with Gasteiger partial charge >= 0.3 is 0 Å². The maximum Gasteiger partial charge on any atom is 0.161 e. The number of carbonyl (C=O) groups is 1. The molecule has 0 aliphatic rings. The normalized spacial score (nSPS) is 11.7. The fourth-order valence-corrected chi connectivity index (χ4v) is 2.35. The van der Waals surface area contributed by atoms with E-state index in [1.54, 1.807) is 7.11 Å². The number of rotatable bonds is 8. The van der Waals surface area contributed by atoms with Gasteiger partial charge in [0.1, 0.15) is 12.9 Å². The van der Waals surface area contributed by atoms with Crippen molar-refractivity contribution in [1.29, 1.82) is 0 Å². The highest BCUT2D eigenvalue weighted by atomic mass is 16.5. The van der Waals surface area contributed by atoms with E-state index in [4.69, 9.17) is 9.47 Å². The Morgan fingerprint density at radius 3 is 2.50 bits per heavy atom. The molecule has 3 heteroatoms. The molecule has 0 bridgehead atoms. The molecule has 0 aromatic heterocycles. The number of benzene rings is 2. The predicted molar refractivity (Wildman–Crippen MR) is 87.3 cm³/mol. The average Bonchev–Trinajstić information content (AvgIpc) is 2.54. The van der Waals surface area contributed by atoms with Gasteiger partial charge in [-0.05, 0) is 35.6 Å². The van der Waals surface area contributed by atoms with E-state index in [-0.39, 0.29) is 0 Å². The number of hydrogen-bond donors (Lipinski definition) is 0. The van der Waals surface area contributed by atoms with E-state index in [0.717, 1.165) is 35.3 Å². The van der Waals surface area contributed by atoms with Crippen molar-refractivity contribution in [2.24, 2.45) is 5.92 Å². The lowest BCUT2D eigenvalue weighted by molar-refractivity contribution is -0.108. The van der Waals surface area contributed by atoms with Gasteiger partial charge in [-0.25, -0.2) is 0 Å². The molecule has 0 amide bonds. The zero-order chi connectivity index (χ0) is 15.8. The van der Waals surface area contributed by atoms with Crippen LogP contribution in [0.5, 0.6) is 11.5 Å². The second kappa shape index (κ2) is 8.23. The summed E-state index contributed by atoms with van der Waals surface area (Å²) in [5.74, 6) is 1.79. The molecule has 0 N–H and O–H groups in total. The Balaban J connectivity index is 2.08. The van der Waals surface area contributed by atoms with Crippen molar-refractivity contribution in [3.05, 3.63) is 59.7 Å². The molecule has 22 heavy (non-hydrogen) atoms. The summed E-state index contributed by atoms with van der Waals surface area (Å²) in [6.07, 6.45) is 2.40. The average molecular weight is 298 g/mol. The molecule has 1 unspecified atom stereocenters. The fourth-order valence-electron chi connectivity index (χ4n) is 2.35. The zero-order valence-corrected chi connectivity index (χ0v) is 13.1. The Bertz CT molecular complexity index is 593. The molecule has 2 rings (SSSR count). The molecule has 0 saturated heterocycles. The van der Waals surface area contributed by atoms with Crippen LogP contribution in [0.3, 0.4) is 0 Å². The van der Waals surface area contributed by atoms with Crippen molar-refractivity contribution < 1.29 is 14.3 Å². The molecule has 3 nitrogen and oxygen atoms in total. The SMILES string of the molecule is COc1ccc(CC(C)CC=O)cc1OCc1ccccc1. The van der Waals surface area contributed by atoms with Gasteiger partial charge in [-0.1, -0.05) is 43.3 Å². The van der Waals surface area contributed by atoms with Crippen LogP contribution in [0.25, 0.3) is 0 Å². The van der Waals surface area contributed by atoms with Crippen LogP contribution < -0.4 is 9.47 Å². The topological polar surface area (TPSA) is 35.5 Å². The van der Waals surface area contributed by atoms with Gasteiger partial charge in [0.25, 0.3) is 0 Å². The minimum absolute atomic E-state index is 0.327. The lowest BCUT2D eigenvalue weighted by Crippen LogP contribution is -2.02. The Morgan fingerprint density at radius 2 is 1.82 bits per heavy atom. The molecule has 116 valence electrons. The van der Waals surface area contributed by atoms with Gasteiger partial charge in [0, 0.05) is 6.42 Å². The maximum absolute atomic E-state index is 10.6. The summed E-state index contributed by atoms with van der Waals surface area (Å²) in [6.45, 7) is 2.58. The molecule has 2 aromatic rings. The van der Waals surface area contributed by atoms with Gasteiger partial charge in [-0.15, -0.1) is 0 Å². The highest BCUT2D eigenvalue weighted by molar-refractivity contribution is 5.50. The van der Waals surface area contributed by atoms with Crippen molar-refractivity contribution in [2.75, 3.05) is 7.11 Å². The van der Waals surface area contributed by atoms with Crippen molar-refractivity contribution in [3.63, 3.8) is 0 Å². The van der Waals surface area contributed by atoms with Gasteiger partial charge in [0.2, 0.25) is 0 Å².